The van der Waals surface area contributed by atoms with Crippen LogP contribution >= 0.6 is 0 Å². The molecule has 2 aromatic carbocycles. The zero-order chi connectivity index (χ0) is 22.7. The predicted octanol–water partition coefficient (Wildman–Crippen LogP) is 4.00. The van der Waals surface area contributed by atoms with Crippen molar-refractivity contribution < 1.29 is 19.2 Å². The molecule has 1 unspecified atom stereocenters. The number of methoxy groups -OCH3 is 1. The second-order valence-corrected chi connectivity index (χ2v) is 8.55. The SMILES string of the molecule is COc1ccc(CC(O)(C(=O)Nc2ccc3c(=O)onc(C)c3c2)C2CCCCC2)cc1. The quantitative estimate of drug-likeness (QED) is 0.606. The molecule has 1 aliphatic carbocycles. The van der Waals surface area contributed by atoms with E-state index in [1.165, 1.54) is 0 Å². The summed E-state index contributed by atoms with van der Waals surface area (Å²) in [6.45, 7) is 1.74. The number of amides is 1. The normalized spacial score (nSPS) is 16.5. The Morgan fingerprint density at radius 2 is 1.88 bits per heavy atom. The fourth-order valence-electron chi connectivity index (χ4n) is 4.59. The van der Waals surface area contributed by atoms with Crippen molar-refractivity contribution in [1.29, 1.82) is 0 Å². The Morgan fingerprint density at radius 1 is 1.16 bits per heavy atom. The number of aliphatic hydroxyl groups is 1. The molecular formula is C25H28N2O5. The maximum atomic E-state index is 13.5. The van der Waals surface area contributed by atoms with Gasteiger partial charge in [0.1, 0.15) is 11.4 Å². The van der Waals surface area contributed by atoms with E-state index in [9.17, 15) is 14.7 Å². The van der Waals surface area contributed by atoms with Gasteiger partial charge in [-0.05, 0) is 61.6 Å². The summed E-state index contributed by atoms with van der Waals surface area (Å²) < 4.78 is 9.99. The Bertz CT molecular complexity index is 1170. The predicted molar refractivity (Wildman–Crippen MR) is 122 cm³/mol. The molecule has 1 atom stereocenters. The average Bonchev–Trinajstić information content (AvgIpc) is 2.82. The van der Waals surface area contributed by atoms with E-state index >= 15 is 0 Å². The maximum absolute atomic E-state index is 13.5. The highest BCUT2D eigenvalue weighted by atomic mass is 16.5. The molecular weight excluding hydrogens is 408 g/mol. The second-order valence-electron chi connectivity index (χ2n) is 8.55. The fourth-order valence-corrected chi connectivity index (χ4v) is 4.59. The van der Waals surface area contributed by atoms with Gasteiger partial charge in [-0.25, -0.2) is 4.79 Å². The van der Waals surface area contributed by atoms with Gasteiger partial charge in [0, 0.05) is 17.5 Å². The van der Waals surface area contributed by atoms with Crippen molar-refractivity contribution in [2.24, 2.45) is 5.92 Å². The van der Waals surface area contributed by atoms with E-state index in [0.29, 0.717) is 22.2 Å². The Kier molecular flexibility index (Phi) is 6.28. The van der Waals surface area contributed by atoms with E-state index in [1.54, 1.807) is 32.2 Å². The molecule has 0 spiro atoms. The first-order chi connectivity index (χ1) is 15.4. The van der Waals surface area contributed by atoms with Crippen molar-refractivity contribution in [2.75, 3.05) is 12.4 Å². The number of benzene rings is 2. The molecule has 168 valence electrons. The van der Waals surface area contributed by atoms with Crippen LogP contribution < -0.4 is 15.7 Å². The molecule has 32 heavy (non-hydrogen) atoms. The summed E-state index contributed by atoms with van der Waals surface area (Å²) in [6.07, 6.45) is 4.95. The highest BCUT2D eigenvalue weighted by Crippen LogP contribution is 2.36. The van der Waals surface area contributed by atoms with E-state index in [2.05, 4.69) is 10.5 Å². The number of anilines is 1. The molecule has 3 aromatic rings. The molecule has 1 fully saturated rings. The first-order valence-electron chi connectivity index (χ1n) is 11.0. The van der Waals surface area contributed by atoms with Gasteiger partial charge in [0.25, 0.3) is 5.91 Å². The second kappa shape index (κ2) is 9.12. The van der Waals surface area contributed by atoms with Gasteiger partial charge in [0.15, 0.2) is 0 Å². The molecule has 0 radical (unpaired) electrons. The summed E-state index contributed by atoms with van der Waals surface area (Å²) in [5, 5.41) is 19.4. The summed E-state index contributed by atoms with van der Waals surface area (Å²) in [6, 6.07) is 12.4. The van der Waals surface area contributed by atoms with E-state index in [-0.39, 0.29) is 12.3 Å². The number of rotatable bonds is 6. The number of carbonyl (C=O) groups excluding carboxylic acids is 1. The summed E-state index contributed by atoms with van der Waals surface area (Å²) >= 11 is 0. The van der Waals surface area contributed by atoms with Crippen molar-refractivity contribution >= 4 is 22.4 Å². The summed E-state index contributed by atoms with van der Waals surface area (Å²) in [7, 11) is 1.60. The van der Waals surface area contributed by atoms with Crippen LogP contribution in [0.15, 0.2) is 51.8 Å². The summed E-state index contributed by atoms with van der Waals surface area (Å²) in [5.74, 6) is 0.159. The third-order valence-corrected chi connectivity index (χ3v) is 6.46. The highest BCUT2D eigenvalue weighted by Gasteiger charge is 2.44. The molecule has 2 N–H and O–H groups in total. The minimum Gasteiger partial charge on any atom is -0.497 e. The molecule has 0 aliphatic heterocycles. The number of hydrogen-bond acceptors (Lipinski definition) is 6. The van der Waals surface area contributed by atoms with E-state index in [1.807, 2.05) is 24.3 Å². The number of fused-ring (bicyclic) bond motifs is 1. The molecule has 7 nitrogen and oxygen atoms in total. The number of nitrogens with one attached hydrogen (secondary N) is 1. The molecule has 0 bridgehead atoms. The van der Waals surface area contributed by atoms with Crippen LogP contribution in [0.25, 0.3) is 10.8 Å². The number of nitrogens with zero attached hydrogens (tertiary/aromatic N) is 1. The largest absolute Gasteiger partial charge is 0.497 e. The number of carbonyl (C=O) groups is 1. The Labute approximate surface area is 186 Å². The average molecular weight is 437 g/mol. The van der Waals surface area contributed by atoms with Crippen LogP contribution in [0.4, 0.5) is 5.69 Å². The van der Waals surface area contributed by atoms with Crippen LogP contribution in [-0.4, -0.2) is 28.9 Å². The maximum Gasteiger partial charge on any atom is 0.366 e. The van der Waals surface area contributed by atoms with E-state index < -0.39 is 17.1 Å². The molecule has 1 amide bonds. The zero-order valence-electron chi connectivity index (χ0n) is 18.4. The Hall–Kier alpha value is -3.19. The monoisotopic (exact) mass is 436 g/mol. The topological polar surface area (TPSA) is 102 Å². The smallest absolute Gasteiger partial charge is 0.366 e. The molecule has 1 heterocycles. The summed E-state index contributed by atoms with van der Waals surface area (Å²) in [4.78, 5) is 25.4. The summed E-state index contributed by atoms with van der Waals surface area (Å²) in [5.41, 5.74) is -0.155. The minimum atomic E-state index is -1.55. The molecule has 1 aliphatic rings. The van der Waals surface area contributed by atoms with Gasteiger partial charge in [-0.15, -0.1) is 0 Å². The van der Waals surface area contributed by atoms with Gasteiger partial charge < -0.3 is 19.7 Å². The zero-order valence-corrected chi connectivity index (χ0v) is 18.4. The van der Waals surface area contributed by atoms with Crippen LogP contribution in [0.3, 0.4) is 0 Å². The van der Waals surface area contributed by atoms with Crippen molar-refractivity contribution in [3.05, 3.63) is 64.1 Å². The third-order valence-electron chi connectivity index (χ3n) is 6.46. The van der Waals surface area contributed by atoms with Crippen LogP contribution in [0.1, 0.15) is 43.4 Å². The van der Waals surface area contributed by atoms with Gasteiger partial charge in [0.2, 0.25) is 0 Å². The van der Waals surface area contributed by atoms with Gasteiger partial charge in [0.05, 0.1) is 18.2 Å². The van der Waals surface area contributed by atoms with Crippen molar-refractivity contribution in [2.45, 2.75) is 51.0 Å². The van der Waals surface area contributed by atoms with Gasteiger partial charge in [-0.3, -0.25) is 4.79 Å². The number of hydrogen-bond donors (Lipinski definition) is 2. The van der Waals surface area contributed by atoms with Crippen molar-refractivity contribution in [3.8, 4) is 5.75 Å². The highest BCUT2D eigenvalue weighted by molar-refractivity contribution is 5.99. The molecule has 7 heteroatoms. The van der Waals surface area contributed by atoms with E-state index in [0.717, 1.165) is 43.4 Å². The Morgan fingerprint density at radius 3 is 2.56 bits per heavy atom. The molecule has 1 saturated carbocycles. The Balaban J connectivity index is 1.64. The lowest BCUT2D eigenvalue weighted by Gasteiger charge is -2.37. The van der Waals surface area contributed by atoms with E-state index in [4.69, 9.17) is 9.26 Å². The standard InChI is InChI=1S/C25H28N2O5/c1-16-22-14-19(10-13-21(22)23(28)32-27-16)26-24(29)25(30,18-6-4-3-5-7-18)15-17-8-11-20(31-2)12-9-17/h8-14,18,30H,3-7,15H2,1-2H3,(H,26,29). The number of aryl methyl sites for hydroxylation is 1. The van der Waals surface area contributed by atoms with Crippen LogP contribution in [0, 0.1) is 12.8 Å². The fraction of sp³-hybridized carbons (Fsp3) is 0.400. The first-order valence-corrected chi connectivity index (χ1v) is 11.0. The number of aromatic nitrogens is 1. The number of ether oxygens (including phenoxy) is 1. The van der Waals surface area contributed by atoms with Crippen molar-refractivity contribution in [3.63, 3.8) is 0 Å². The van der Waals surface area contributed by atoms with Gasteiger partial charge in [-0.2, -0.15) is 0 Å². The van der Waals surface area contributed by atoms with Crippen LogP contribution in [-0.2, 0) is 11.2 Å². The lowest BCUT2D eigenvalue weighted by Crippen LogP contribution is -2.51. The van der Waals surface area contributed by atoms with Crippen LogP contribution in [0.5, 0.6) is 5.75 Å². The molecule has 1 aromatic heterocycles. The first kappa shape index (κ1) is 22.0. The lowest BCUT2D eigenvalue weighted by molar-refractivity contribution is -0.141. The van der Waals surface area contributed by atoms with Crippen LogP contribution in [0.2, 0.25) is 0 Å². The third kappa shape index (κ3) is 4.39. The molecule has 0 saturated heterocycles. The van der Waals surface area contributed by atoms with Crippen molar-refractivity contribution in [1.82, 2.24) is 5.16 Å². The molecule has 4 rings (SSSR count). The van der Waals surface area contributed by atoms with Gasteiger partial charge in [-0.1, -0.05) is 36.6 Å². The van der Waals surface area contributed by atoms with Gasteiger partial charge >= 0.3 is 5.63 Å². The minimum absolute atomic E-state index is 0.130. The lowest BCUT2D eigenvalue weighted by atomic mass is 9.73.